The van der Waals surface area contributed by atoms with Crippen molar-refractivity contribution in [3.8, 4) is 5.69 Å². The summed E-state index contributed by atoms with van der Waals surface area (Å²) in [4.78, 5) is 22.3. The van der Waals surface area contributed by atoms with E-state index in [0.717, 1.165) is 17.3 Å². The molecule has 19 heavy (non-hydrogen) atoms. The Hall–Kier alpha value is -1.73. The maximum absolute atomic E-state index is 11.7. The van der Waals surface area contributed by atoms with Crippen LogP contribution in [-0.2, 0) is 4.79 Å². The van der Waals surface area contributed by atoms with Gasteiger partial charge in [0.25, 0.3) is 0 Å². The first-order valence-corrected chi connectivity index (χ1v) is 6.64. The molecule has 6 nitrogen and oxygen atoms in total. The van der Waals surface area contributed by atoms with E-state index in [1.54, 1.807) is 18.2 Å². The van der Waals surface area contributed by atoms with Crippen molar-refractivity contribution in [1.82, 2.24) is 14.8 Å². The minimum Gasteiger partial charge on any atom is -0.481 e. The monoisotopic (exact) mass is 299 g/mol. The smallest absolute Gasteiger partial charge is 0.348 e. The summed E-state index contributed by atoms with van der Waals surface area (Å²) < 4.78 is 1.29. The van der Waals surface area contributed by atoms with Crippen LogP contribution in [0.2, 0.25) is 5.02 Å². The normalized spacial score (nSPS) is 10.6. The quantitative estimate of drug-likeness (QED) is 0.839. The summed E-state index contributed by atoms with van der Waals surface area (Å²) in [5, 5.41) is 15.6. The molecule has 0 spiro atoms. The van der Waals surface area contributed by atoms with E-state index in [9.17, 15) is 9.59 Å². The first-order valence-electron chi connectivity index (χ1n) is 5.27. The van der Waals surface area contributed by atoms with E-state index in [2.05, 4.69) is 10.2 Å². The second-order valence-electron chi connectivity index (χ2n) is 3.76. The van der Waals surface area contributed by atoms with Crippen molar-refractivity contribution in [1.29, 1.82) is 0 Å². The number of carbonyl (C=O) groups is 1. The summed E-state index contributed by atoms with van der Waals surface area (Å²) in [7, 11) is 0. The number of aromatic amines is 1. The molecule has 0 atom stereocenters. The number of aromatic nitrogens is 3. The number of rotatable bonds is 4. The number of nitrogens with zero attached hydrogens (tertiary/aromatic N) is 2. The van der Waals surface area contributed by atoms with E-state index in [0.29, 0.717) is 10.7 Å². The molecule has 0 saturated carbocycles. The Kier molecular flexibility index (Phi) is 3.96. The number of carboxylic acid groups (broad SMARTS) is 1. The summed E-state index contributed by atoms with van der Waals surface area (Å²) in [5.41, 5.74) is 0.997. The average Bonchev–Trinajstić information content (AvgIpc) is 2.71. The fourth-order valence-corrected chi connectivity index (χ4v) is 2.31. The third kappa shape index (κ3) is 2.99. The van der Waals surface area contributed by atoms with Gasteiger partial charge in [0.1, 0.15) is 0 Å². The van der Waals surface area contributed by atoms with Crippen LogP contribution in [0.5, 0.6) is 0 Å². The molecule has 0 aliphatic carbocycles. The number of halogens is 1. The van der Waals surface area contributed by atoms with E-state index in [4.69, 9.17) is 16.7 Å². The fraction of sp³-hybridized carbons (Fsp3) is 0.182. The summed E-state index contributed by atoms with van der Waals surface area (Å²) in [6.07, 6.45) is 0. The fourth-order valence-electron chi connectivity index (χ4n) is 1.45. The molecule has 0 amide bonds. The van der Waals surface area contributed by atoms with E-state index in [1.807, 2.05) is 6.92 Å². The zero-order chi connectivity index (χ0) is 14.0. The summed E-state index contributed by atoms with van der Waals surface area (Å²) in [6.45, 7) is 1.85. The molecule has 1 aromatic heterocycles. The molecule has 8 heteroatoms. The minimum atomic E-state index is -0.978. The predicted molar refractivity (Wildman–Crippen MR) is 72.3 cm³/mol. The Morgan fingerprint density at radius 2 is 2.32 bits per heavy atom. The predicted octanol–water partition coefficient (Wildman–Crippen LogP) is 1.70. The molecule has 1 aromatic carbocycles. The first-order chi connectivity index (χ1) is 8.99. The molecule has 0 aliphatic heterocycles. The Balaban J connectivity index is 2.43. The van der Waals surface area contributed by atoms with Gasteiger partial charge >= 0.3 is 11.7 Å². The second-order valence-corrected chi connectivity index (χ2v) is 5.11. The van der Waals surface area contributed by atoms with Crippen LogP contribution in [0.15, 0.2) is 28.2 Å². The molecule has 1 heterocycles. The molecule has 0 bridgehead atoms. The molecule has 0 radical (unpaired) electrons. The van der Waals surface area contributed by atoms with Gasteiger partial charge < -0.3 is 5.11 Å². The van der Waals surface area contributed by atoms with Crippen LogP contribution >= 0.6 is 23.4 Å². The van der Waals surface area contributed by atoms with Crippen molar-refractivity contribution < 1.29 is 9.90 Å². The lowest BCUT2D eigenvalue weighted by Crippen LogP contribution is -2.16. The van der Waals surface area contributed by atoms with Gasteiger partial charge in [-0.3, -0.25) is 4.79 Å². The summed E-state index contributed by atoms with van der Waals surface area (Å²) in [6, 6.07) is 5.14. The molecule has 0 aliphatic rings. The van der Waals surface area contributed by atoms with Crippen LogP contribution in [0.4, 0.5) is 0 Å². The SMILES string of the molecule is Cc1ccc(-n2c(SCC(=O)O)n[nH]c2=O)cc1Cl. The molecule has 100 valence electrons. The number of thioether (sulfide) groups is 1. The molecular weight excluding hydrogens is 290 g/mol. The zero-order valence-electron chi connectivity index (χ0n) is 9.88. The van der Waals surface area contributed by atoms with E-state index in [1.165, 1.54) is 4.57 Å². The lowest BCUT2D eigenvalue weighted by atomic mass is 10.2. The highest BCUT2D eigenvalue weighted by Crippen LogP contribution is 2.22. The molecule has 0 fully saturated rings. The number of benzene rings is 1. The van der Waals surface area contributed by atoms with Gasteiger partial charge in [-0.15, -0.1) is 5.10 Å². The zero-order valence-corrected chi connectivity index (χ0v) is 11.5. The van der Waals surface area contributed by atoms with Crippen molar-refractivity contribution in [3.63, 3.8) is 0 Å². The van der Waals surface area contributed by atoms with Gasteiger partial charge in [0.15, 0.2) is 5.16 Å². The molecule has 2 N–H and O–H groups in total. The van der Waals surface area contributed by atoms with Gasteiger partial charge in [-0.1, -0.05) is 29.4 Å². The number of aliphatic carboxylic acids is 1. The number of aryl methyl sites for hydroxylation is 1. The second kappa shape index (κ2) is 5.50. The maximum Gasteiger partial charge on any atom is 0.348 e. The van der Waals surface area contributed by atoms with Crippen LogP contribution in [0.25, 0.3) is 5.69 Å². The maximum atomic E-state index is 11.7. The molecule has 2 aromatic rings. The third-order valence-electron chi connectivity index (χ3n) is 2.38. The van der Waals surface area contributed by atoms with Gasteiger partial charge in [-0.25, -0.2) is 14.5 Å². The highest BCUT2D eigenvalue weighted by atomic mass is 35.5. The topological polar surface area (TPSA) is 88.0 Å². The van der Waals surface area contributed by atoms with Crippen LogP contribution in [0, 0.1) is 6.92 Å². The Morgan fingerprint density at radius 1 is 1.58 bits per heavy atom. The highest BCUT2D eigenvalue weighted by Gasteiger charge is 2.13. The minimum absolute atomic E-state index is 0.177. The standard InChI is InChI=1S/C11H10ClN3O3S/c1-6-2-3-7(4-8(6)12)15-10(18)13-14-11(15)19-5-9(16)17/h2-4H,5H2,1H3,(H,13,18)(H,16,17). The summed E-state index contributed by atoms with van der Waals surface area (Å²) in [5.74, 6) is -1.15. The van der Waals surface area contributed by atoms with Crippen LogP contribution < -0.4 is 5.69 Å². The average molecular weight is 300 g/mol. The van der Waals surface area contributed by atoms with Crippen LogP contribution in [0.1, 0.15) is 5.56 Å². The molecular formula is C11H10ClN3O3S. The number of H-pyrrole nitrogens is 1. The third-order valence-corrected chi connectivity index (χ3v) is 3.71. The highest BCUT2D eigenvalue weighted by molar-refractivity contribution is 7.99. The number of carboxylic acids is 1. The van der Waals surface area contributed by atoms with E-state index >= 15 is 0 Å². The number of nitrogens with one attached hydrogen (secondary N) is 1. The lowest BCUT2D eigenvalue weighted by molar-refractivity contribution is -0.133. The Bertz CT molecular complexity index is 680. The van der Waals surface area contributed by atoms with Crippen molar-refractivity contribution in [2.75, 3.05) is 5.75 Å². The van der Waals surface area contributed by atoms with Gasteiger partial charge in [0.05, 0.1) is 11.4 Å². The molecule has 2 rings (SSSR count). The van der Waals surface area contributed by atoms with Crippen LogP contribution in [0.3, 0.4) is 0 Å². The number of hydrogen-bond donors (Lipinski definition) is 2. The van der Waals surface area contributed by atoms with Crippen molar-refractivity contribution in [2.45, 2.75) is 12.1 Å². The first kappa shape index (κ1) is 13.7. The van der Waals surface area contributed by atoms with Gasteiger partial charge in [-0.2, -0.15) is 0 Å². The van der Waals surface area contributed by atoms with Crippen molar-refractivity contribution >= 4 is 29.3 Å². The largest absolute Gasteiger partial charge is 0.481 e. The molecule has 0 unspecified atom stereocenters. The van der Waals surface area contributed by atoms with Crippen LogP contribution in [-0.4, -0.2) is 31.6 Å². The number of hydrogen-bond acceptors (Lipinski definition) is 4. The Labute approximate surface area is 117 Å². The lowest BCUT2D eigenvalue weighted by Gasteiger charge is -2.06. The Morgan fingerprint density at radius 3 is 2.95 bits per heavy atom. The van der Waals surface area contributed by atoms with Gasteiger partial charge in [0.2, 0.25) is 0 Å². The van der Waals surface area contributed by atoms with Crippen molar-refractivity contribution in [3.05, 3.63) is 39.3 Å². The van der Waals surface area contributed by atoms with Gasteiger partial charge in [0, 0.05) is 5.02 Å². The van der Waals surface area contributed by atoms with E-state index < -0.39 is 11.7 Å². The molecule has 0 saturated heterocycles. The summed E-state index contributed by atoms with van der Waals surface area (Å²) >= 11 is 6.97. The van der Waals surface area contributed by atoms with E-state index in [-0.39, 0.29) is 10.9 Å². The van der Waals surface area contributed by atoms with Crippen molar-refractivity contribution in [2.24, 2.45) is 0 Å². The van der Waals surface area contributed by atoms with Gasteiger partial charge in [-0.05, 0) is 24.6 Å².